The predicted octanol–water partition coefficient (Wildman–Crippen LogP) is 5.01. The summed E-state index contributed by atoms with van der Waals surface area (Å²) >= 11 is 0. The van der Waals surface area contributed by atoms with E-state index >= 15 is 0 Å². The van der Waals surface area contributed by atoms with Gasteiger partial charge in [0.2, 0.25) is 0 Å². The molecule has 3 heteroatoms. The first-order valence-corrected chi connectivity index (χ1v) is 9.30. The highest BCUT2D eigenvalue weighted by atomic mass is 19.1. The zero-order valence-electron chi connectivity index (χ0n) is 14.5. The Bertz CT molecular complexity index is 852. The molecule has 1 heterocycles. The molecule has 2 unspecified atom stereocenters. The first-order valence-electron chi connectivity index (χ1n) is 9.30. The van der Waals surface area contributed by atoms with E-state index in [1.54, 1.807) is 6.07 Å². The lowest BCUT2D eigenvalue weighted by molar-refractivity contribution is 0.429. The van der Waals surface area contributed by atoms with Gasteiger partial charge < -0.3 is 4.98 Å². The lowest BCUT2D eigenvalue weighted by atomic mass is 9.86. The van der Waals surface area contributed by atoms with Crippen molar-refractivity contribution in [3.63, 3.8) is 0 Å². The summed E-state index contributed by atoms with van der Waals surface area (Å²) in [5, 5.41) is 0.981. The summed E-state index contributed by atoms with van der Waals surface area (Å²) in [6.45, 7) is 0. The van der Waals surface area contributed by atoms with Gasteiger partial charge >= 0.3 is 0 Å². The third-order valence-electron chi connectivity index (χ3n) is 5.58. The third-order valence-corrected chi connectivity index (χ3v) is 5.58. The molecule has 2 aromatic carbocycles. The second-order valence-corrected chi connectivity index (χ2v) is 7.49. The van der Waals surface area contributed by atoms with Crippen molar-refractivity contribution in [3.8, 4) is 0 Å². The third kappa shape index (κ3) is 3.81. The van der Waals surface area contributed by atoms with E-state index in [0.717, 1.165) is 22.8 Å². The first kappa shape index (κ1) is 16.4. The van der Waals surface area contributed by atoms with E-state index in [-0.39, 0.29) is 5.82 Å². The second-order valence-electron chi connectivity index (χ2n) is 7.49. The van der Waals surface area contributed by atoms with Gasteiger partial charge in [-0.15, -0.1) is 0 Å². The Labute approximate surface area is 150 Å². The number of rotatable bonds is 3. The van der Waals surface area contributed by atoms with Gasteiger partial charge in [-0.1, -0.05) is 49.0 Å². The van der Waals surface area contributed by atoms with Gasteiger partial charge in [-0.2, -0.15) is 0 Å². The highest BCUT2D eigenvalue weighted by Crippen LogP contribution is 2.37. The Morgan fingerprint density at radius 3 is 2.64 bits per heavy atom. The summed E-state index contributed by atoms with van der Waals surface area (Å²) in [5.74, 6) is 1.07. The van der Waals surface area contributed by atoms with Crippen LogP contribution in [0.4, 0.5) is 4.39 Å². The van der Waals surface area contributed by atoms with Crippen LogP contribution in [0.25, 0.3) is 10.9 Å². The van der Waals surface area contributed by atoms with Gasteiger partial charge in [0.25, 0.3) is 0 Å². The van der Waals surface area contributed by atoms with E-state index in [1.807, 2.05) is 18.2 Å². The van der Waals surface area contributed by atoms with Gasteiger partial charge in [0, 0.05) is 16.6 Å². The average molecular weight is 331 g/mol. The van der Waals surface area contributed by atoms with E-state index in [1.165, 1.54) is 49.4 Å². The fraction of sp³-hybridized carbons (Fsp3) is 0.364. The van der Waals surface area contributed by atoms with Crippen molar-refractivity contribution in [3.05, 3.63) is 65.6 Å². The Morgan fingerprint density at radius 1 is 1.00 bits per heavy atom. The minimum absolute atomic E-state index is 0.167. The van der Waals surface area contributed by atoms with Crippen molar-refractivity contribution in [1.29, 1.82) is 0 Å². The zero-order valence-corrected chi connectivity index (χ0v) is 14.5. The Balaban J connectivity index is 1.53. The fourth-order valence-corrected chi connectivity index (χ4v) is 4.26. The van der Waals surface area contributed by atoms with Crippen LogP contribution < -0.4 is 5.46 Å². The molecule has 1 aliphatic rings. The van der Waals surface area contributed by atoms with Crippen molar-refractivity contribution < 1.29 is 4.39 Å². The molecule has 1 fully saturated rings. The monoisotopic (exact) mass is 331 g/mol. The molecule has 1 N–H and O–H groups in total. The highest BCUT2D eigenvalue weighted by molar-refractivity contribution is 6.32. The van der Waals surface area contributed by atoms with Crippen LogP contribution in [0.1, 0.15) is 49.3 Å². The number of hydrogen-bond donors (Lipinski definition) is 1. The van der Waals surface area contributed by atoms with Crippen LogP contribution in [0.2, 0.25) is 0 Å². The van der Waals surface area contributed by atoms with E-state index < -0.39 is 0 Å². The number of hydrogen-bond acceptors (Lipinski definition) is 0. The zero-order chi connectivity index (χ0) is 17.2. The van der Waals surface area contributed by atoms with Gasteiger partial charge in [0.15, 0.2) is 0 Å². The highest BCUT2D eigenvalue weighted by Gasteiger charge is 2.23. The molecule has 126 valence electrons. The van der Waals surface area contributed by atoms with Crippen LogP contribution in [0.5, 0.6) is 0 Å². The normalized spacial score (nSPS) is 21.3. The van der Waals surface area contributed by atoms with Crippen LogP contribution in [0, 0.1) is 11.7 Å². The standard InChI is InChI=1S/C22H23BFN/c23-19-7-5-15(6-8-19)11-16-3-1-2-4-17(12-16)22-14-18-13-20(24)9-10-21(18)25-22/h5-10,13-14,16-17,25H,1-4,11-12H2. The maximum atomic E-state index is 13.5. The van der Waals surface area contributed by atoms with Crippen molar-refractivity contribution in [2.45, 2.75) is 44.4 Å². The molecule has 0 bridgehead atoms. The quantitative estimate of drug-likeness (QED) is 0.513. The van der Waals surface area contributed by atoms with Crippen LogP contribution in [0.15, 0.2) is 48.5 Å². The smallest absolute Gasteiger partial charge is 0.123 e. The molecular formula is C22H23BFN. The Morgan fingerprint density at radius 2 is 1.80 bits per heavy atom. The second kappa shape index (κ2) is 7.07. The van der Waals surface area contributed by atoms with Crippen molar-refractivity contribution in [2.24, 2.45) is 5.92 Å². The number of halogens is 1. The van der Waals surface area contributed by atoms with Crippen molar-refractivity contribution in [2.75, 3.05) is 0 Å². The minimum atomic E-state index is -0.167. The molecule has 3 aromatic rings. The van der Waals surface area contributed by atoms with Crippen LogP contribution in [0.3, 0.4) is 0 Å². The maximum Gasteiger partial charge on any atom is 0.123 e. The summed E-state index contributed by atoms with van der Waals surface area (Å²) in [5.41, 5.74) is 4.51. The average Bonchev–Trinajstić information content (AvgIpc) is 2.88. The molecule has 1 aromatic heterocycles. The number of H-pyrrole nitrogens is 1. The van der Waals surface area contributed by atoms with Gasteiger partial charge in [-0.25, -0.2) is 4.39 Å². The molecule has 2 radical (unpaired) electrons. The molecule has 1 aliphatic carbocycles. The SMILES string of the molecule is [B]c1ccc(CC2CCCCC(c3cc4cc(F)ccc4[nH]3)C2)cc1. The molecule has 25 heavy (non-hydrogen) atoms. The maximum absolute atomic E-state index is 13.5. The predicted molar refractivity (Wildman–Crippen MR) is 103 cm³/mol. The van der Waals surface area contributed by atoms with Gasteiger partial charge in [-0.3, -0.25) is 0 Å². The molecule has 1 saturated carbocycles. The minimum Gasteiger partial charge on any atom is -0.358 e. The first-order chi connectivity index (χ1) is 12.2. The Hall–Kier alpha value is -2.03. The molecule has 0 saturated heterocycles. The molecule has 2 atom stereocenters. The van der Waals surface area contributed by atoms with Crippen LogP contribution in [-0.2, 0) is 6.42 Å². The lowest BCUT2D eigenvalue weighted by Crippen LogP contribution is -2.09. The molecule has 0 aliphatic heterocycles. The summed E-state index contributed by atoms with van der Waals surface area (Å²) in [6.07, 6.45) is 7.38. The number of nitrogens with one attached hydrogen (secondary N) is 1. The Kier molecular flexibility index (Phi) is 4.65. The van der Waals surface area contributed by atoms with E-state index in [4.69, 9.17) is 7.85 Å². The van der Waals surface area contributed by atoms with E-state index in [2.05, 4.69) is 23.2 Å². The van der Waals surface area contributed by atoms with Gasteiger partial charge in [0.05, 0.1) is 0 Å². The number of aromatic nitrogens is 1. The number of benzene rings is 2. The number of fused-ring (bicyclic) bond motifs is 1. The van der Waals surface area contributed by atoms with Crippen molar-refractivity contribution in [1.82, 2.24) is 4.98 Å². The summed E-state index contributed by atoms with van der Waals surface area (Å²) < 4.78 is 13.5. The summed E-state index contributed by atoms with van der Waals surface area (Å²) in [7, 11) is 5.80. The lowest BCUT2D eigenvalue weighted by Gasteiger charge is -2.19. The largest absolute Gasteiger partial charge is 0.358 e. The van der Waals surface area contributed by atoms with E-state index in [0.29, 0.717) is 11.8 Å². The van der Waals surface area contributed by atoms with Gasteiger partial charge in [-0.05, 0) is 60.9 Å². The molecule has 0 spiro atoms. The molecule has 0 amide bonds. The molecule has 4 rings (SSSR count). The van der Waals surface area contributed by atoms with Gasteiger partial charge in [0.1, 0.15) is 13.7 Å². The van der Waals surface area contributed by atoms with Crippen molar-refractivity contribution >= 4 is 24.2 Å². The summed E-state index contributed by atoms with van der Waals surface area (Å²) in [4.78, 5) is 3.53. The number of aromatic amines is 1. The topological polar surface area (TPSA) is 15.8 Å². The van der Waals surface area contributed by atoms with Crippen LogP contribution in [-0.4, -0.2) is 12.8 Å². The molecular weight excluding hydrogens is 308 g/mol. The van der Waals surface area contributed by atoms with Crippen LogP contribution >= 0.6 is 0 Å². The summed E-state index contributed by atoms with van der Waals surface area (Å²) in [6, 6.07) is 15.4. The van der Waals surface area contributed by atoms with E-state index in [9.17, 15) is 4.39 Å². The fourth-order valence-electron chi connectivity index (χ4n) is 4.26. The molecule has 1 nitrogen and oxygen atoms in total.